The van der Waals surface area contributed by atoms with E-state index in [1.807, 2.05) is 11.8 Å². The van der Waals surface area contributed by atoms with Gasteiger partial charge in [0.15, 0.2) is 5.69 Å². The number of carbonyl (C=O) groups is 1. The summed E-state index contributed by atoms with van der Waals surface area (Å²) in [6, 6.07) is 0. The molecule has 0 spiro atoms. The first-order valence-electron chi connectivity index (χ1n) is 5.50. The summed E-state index contributed by atoms with van der Waals surface area (Å²) in [6.45, 7) is 0.811. The molecule has 2 N–H and O–H groups in total. The van der Waals surface area contributed by atoms with E-state index in [0.29, 0.717) is 10.6 Å². The Hall–Kier alpha value is -1.30. The molecular weight excluding hydrogens is 238 g/mol. The van der Waals surface area contributed by atoms with Gasteiger partial charge < -0.3 is 10.4 Å². The molecule has 0 aliphatic heterocycles. The van der Waals surface area contributed by atoms with Gasteiger partial charge in [-0.25, -0.2) is 9.78 Å². The number of carboxylic acid groups (broad SMARTS) is 1. The molecule has 92 valence electrons. The minimum absolute atomic E-state index is 0.0261. The topological polar surface area (TPSA) is 75.1 Å². The van der Waals surface area contributed by atoms with Crippen LogP contribution in [0.15, 0.2) is 12.4 Å². The van der Waals surface area contributed by atoms with Crippen molar-refractivity contribution in [1.82, 2.24) is 9.97 Å². The lowest BCUT2D eigenvalue weighted by Crippen LogP contribution is -2.40. The van der Waals surface area contributed by atoms with Crippen molar-refractivity contribution in [3.63, 3.8) is 0 Å². The minimum atomic E-state index is -1.05. The Morgan fingerprint density at radius 2 is 2.35 bits per heavy atom. The first kappa shape index (κ1) is 12.2. The average molecular weight is 253 g/mol. The summed E-state index contributed by atoms with van der Waals surface area (Å²) in [7, 11) is 0. The van der Waals surface area contributed by atoms with Gasteiger partial charge in [-0.05, 0) is 19.1 Å². The van der Waals surface area contributed by atoms with Crippen LogP contribution in [-0.2, 0) is 0 Å². The zero-order valence-corrected chi connectivity index (χ0v) is 10.5. The number of nitrogens with zero attached hydrogens (tertiary/aromatic N) is 2. The van der Waals surface area contributed by atoms with E-state index in [1.165, 1.54) is 25.5 Å². The molecular formula is C11H15N3O2S. The van der Waals surface area contributed by atoms with Crippen molar-refractivity contribution in [3.05, 3.63) is 18.1 Å². The van der Waals surface area contributed by atoms with Crippen LogP contribution < -0.4 is 5.32 Å². The third-order valence-corrected chi connectivity index (χ3v) is 4.56. The molecule has 0 radical (unpaired) electrons. The molecule has 1 heterocycles. The highest BCUT2D eigenvalue weighted by atomic mass is 32.2. The van der Waals surface area contributed by atoms with E-state index in [-0.39, 0.29) is 5.69 Å². The molecule has 0 aromatic carbocycles. The van der Waals surface area contributed by atoms with Gasteiger partial charge in [0, 0.05) is 11.3 Å². The van der Waals surface area contributed by atoms with Crippen LogP contribution >= 0.6 is 11.8 Å². The Morgan fingerprint density at radius 1 is 1.59 bits per heavy atom. The third kappa shape index (κ3) is 2.69. The quantitative estimate of drug-likeness (QED) is 0.834. The molecule has 1 aliphatic carbocycles. The van der Waals surface area contributed by atoms with Gasteiger partial charge in [-0.1, -0.05) is 6.42 Å². The largest absolute Gasteiger partial charge is 0.476 e. The summed E-state index contributed by atoms with van der Waals surface area (Å²) in [5, 5.41) is 12.0. The summed E-state index contributed by atoms with van der Waals surface area (Å²) in [4.78, 5) is 18.6. The fourth-order valence-electron chi connectivity index (χ4n) is 1.83. The lowest BCUT2D eigenvalue weighted by atomic mass is 9.84. The Bertz CT molecular complexity index is 415. The molecule has 1 fully saturated rings. The van der Waals surface area contributed by atoms with E-state index >= 15 is 0 Å². The number of carboxylic acids is 1. The van der Waals surface area contributed by atoms with Crippen molar-refractivity contribution in [2.24, 2.45) is 0 Å². The smallest absolute Gasteiger partial charge is 0.356 e. The van der Waals surface area contributed by atoms with Crippen molar-refractivity contribution in [3.8, 4) is 0 Å². The standard InChI is InChI=1S/C11H15N3O2S/c1-17-11(3-2-4-11)7-13-9-6-12-5-8(14-9)10(15)16/h5-6H,2-4,7H2,1H3,(H,13,14)(H,15,16). The second-order valence-corrected chi connectivity index (χ2v) is 5.46. The van der Waals surface area contributed by atoms with Crippen LogP contribution in [0.4, 0.5) is 5.82 Å². The number of hydrogen-bond acceptors (Lipinski definition) is 5. The van der Waals surface area contributed by atoms with Crippen molar-refractivity contribution >= 4 is 23.5 Å². The van der Waals surface area contributed by atoms with Crippen LogP contribution in [0.5, 0.6) is 0 Å². The van der Waals surface area contributed by atoms with Crippen molar-refractivity contribution in [2.45, 2.75) is 24.0 Å². The lowest BCUT2D eigenvalue weighted by molar-refractivity contribution is 0.0690. The molecule has 6 heteroatoms. The Kier molecular flexibility index (Phi) is 3.51. The van der Waals surface area contributed by atoms with Crippen LogP contribution in [-0.4, -0.2) is 38.6 Å². The van der Waals surface area contributed by atoms with Gasteiger partial charge >= 0.3 is 5.97 Å². The maximum absolute atomic E-state index is 10.7. The SMILES string of the molecule is CSC1(CNc2cncc(C(=O)O)n2)CCC1. The second kappa shape index (κ2) is 4.91. The van der Waals surface area contributed by atoms with Gasteiger partial charge in [0.2, 0.25) is 0 Å². The molecule has 0 amide bonds. The van der Waals surface area contributed by atoms with Crippen LogP contribution in [0.3, 0.4) is 0 Å². The van der Waals surface area contributed by atoms with E-state index in [4.69, 9.17) is 5.11 Å². The van der Waals surface area contributed by atoms with E-state index in [9.17, 15) is 4.79 Å². The summed E-state index contributed by atoms with van der Waals surface area (Å²) in [6.07, 6.45) is 8.59. The molecule has 0 bridgehead atoms. The fraction of sp³-hybridized carbons (Fsp3) is 0.545. The summed E-state index contributed by atoms with van der Waals surface area (Å²) < 4.78 is 0.293. The van der Waals surface area contributed by atoms with Crippen molar-refractivity contribution in [2.75, 3.05) is 18.1 Å². The number of nitrogens with one attached hydrogen (secondary N) is 1. The van der Waals surface area contributed by atoms with Crippen LogP contribution in [0, 0.1) is 0 Å². The normalized spacial score (nSPS) is 17.2. The van der Waals surface area contributed by atoms with Gasteiger partial charge in [0.1, 0.15) is 5.82 Å². The third-order valence-electron chi connectivity index (χ3n) is 3.14. The zero-order valence-electron chi connectivity index (χ0n) is 9.64. The zero-order chi connectivity index (χ0) is 12.3. The number of hydrogen-bond donors (Lipinski definition) is 2. The molecule has 0 saturated heterocycles. The summed E-state index contributed by atoms with van der Waals surface area (Å²) in [5.74, 6) is -0.519. The average Bonchev–Trinajstić information content (AvgIpc) is 2.28. The minimum Gasteiger partial charge on any atom is -0.476 e. The van der Waals surface area contributed by atoms with Gasteiger partial charge in [-0.15, -0.1) is 0 Å². The predicted octanol–water partition coefficient (Wildman–Crippen LogP) is 1.87. The highest BCUT2D eigenvalue weighted by Crippen LogP contribution is 2.42. The van der Waals surface area contributed by atoms with Gasteiger partial charge in [0.05, 0.1) is 12.4 Å². The summed E-state index contributed by atoms with van der Waals surface area (Å²) >= 11 is 1.86. The molecule has 0 atom stereocenters. The molecule has 1 saturated carbocycles. The van der Waals surface area contributed by atoms with Crippen LogP contribution in [0.25, 0.3) is 0 Å². The first-order valence-corrected chi connectivity index (χ1v) is 6.72. The van der Waals surface area contributed by atoms with E-state index in [2.05, 4.69) is 21.5 Å². The van der Waals surface area contributed by atoms with Gasteiger partial charge in [-0.2, -0.15) is 11.8 Å². The van der Waals surface area contributed by atoms with Gasteiger partial charge in [-0.3, -0.25) is 4.98 Å². The Labute approximate surface area is 104 Å². The molecule has 1 aromatic rings. The number of aromatic nitrogens is 2. The number of rotatable bonds is 5. The molecule has 2 rings (SSSR count). The lowest BCUT2D eigenvalue weighted by Gasteiger charge is -2.40. The Balaban J connectivity index is 1.99. The number of aromatic carboxylic acids is 1. The monoisotopic (exact) mass is 253 g/mol. The van der Waals surface area contributed by atoms with Crippen LogP contribution in [0.2, 0.25) is 0 Å². The fourth-order valence-corrected chi connectivity index (χ4v) is 2.74. The first-order chi connectivity index (χ1) is 8.15. The molecule has 5 nitrogen and oxygen atoms in total. The molecule has 17 heavy (non-hydrogen) atoms. The van der Waals surface area contributed by atoms with E-state index in [0.717, 1.165) is 6.54 Å². The number of thioether (sulfide) groups is 1. The molecule has 0 unspecified atom stereocenters. The number of anilines is 1. The van der Waals surface area contributed by atoms with Crippen molar-refractivity contribution < 1.29 is 9.90 Å². The van der Waals surface area contributed by atoms with Crippen LogP contribution in [0.1, 0.15) is 29.8 Å². The summed E-state index contributed by atoms with van der Waals surface area (Å²) in [5.41, 5.74) is -0.0261. The maximum atomic E-state index is 10.7. The molecule has 1 aliphatic rings. The van der Waals surface area contributed by atoms with Gasteiger partial charge in [0.25, 0.3) is 0 Å². The Morgan fingerprint density at radius 3 is 2.88 bits per heavy atom. The second-order valence-electron chi connectivity index (χ2n) is 4.19. The molecule has 1 aromatic heterocycles. The van der Waals surface area contributed by atoms with E-state index in [1.54, 1.807) is 6.20 Å². The maximum Gasteiger partial charge on any atom is 0.356 e. The highest BCUT2D eigenvalue weighted by Gasteiger charge is 2.35. The highest BCUT2D eigenvalue weighted by molar-refractivity contribution is 8.00. The van der Waals surface area contributed by atoms with Crippen molar-refractivity contribution in [1.29, 1.82) is 0 Å². The van der Waals surface area contributed by atoms with E-state index < -0.39 is 5.97 Å². The predicted molar refractivity (Wildman–Crippen MR) is 67.6 cm³/mol.